The van der Waals surface area contributed by atoms with Gasteiger partial charge in [0.25, 0.3) is 0 Å². The van der Waals surface area contributed by atoms with Crippen molar-refractivity contribution in [1.82, 2.24) is 0 Å². The number of ketones is 1. The maximum absolute atomic E-state index is 11.0. The van der Waals surface area contributed by atoms with Gasteiger partial charge in [0.2, 0.25) is 5.78 Å². The average Bonchev–Trinajstić information content (AvgIpc) is 2.51. The van der Waals surface area contributed by atoms with E-state index in [4.69, 9.17) is 4.42 Å². The van der Waals surface area contributed by atoms with E-state index in [1.54, 1.807) is 6.07 Å². The maximum atomic E-state index is 11.0. The molecule has 0 bridgehead atoms. The molecule has 1 heterocycles. The van der Waals surface area contributed by atoms with Crippen molar-refractivity contribution >= 4 is 11.8 Å². The van der Waals surface area contributed by atoms with E-state index in [0.29, 0.717) is 0 Å². The number of esters is 1. The van der Waals surface area contributed by atoms with Gasteiger partial charge in [0.05, 0.1) is 6.26 Å². The number of ether oxygens (including phenoxy) is 1. The number of rotatable bonds is 3. The highest BCUT2D eigenvalue weighted by molar-refractivity contribution is 5.95. The Morgan fingerprint density at radius 1 is 1.58 bits per heavy atom. The Kier molecular flexibility index (Phi) is 2.63. The van der Waals surface area contributed by atoms with E-state index in [2.05, 4.69) is 4.74 Å². The van der Waals surface area contributed by atoms with Crippen molar-refractivity contribution in [3.8, 4) is 0 Å². The second-order valence-corrected chi connectivity index (χ2v) is 2.18. The average molecular weight is 168 g/mol. The molecule has 0 atom stereocenters. The molecule has 0 N–H and O–H groups in total. The lowest BCUT2D eigenvalue weighted by atomic mass is 10.3. The summed E-state index contributed by atoms with van der Waals surface area (Å²) in [6, 6.07) is 3.12. The molecule has 0 saturated heterocycles. The standard InChI is InChI=1S/C8H8O4/c1-6(9)12-5-7(10)8-3-2-4-11-8/h2-4H,5H2,1H3. The number of hydrogen-bond acceptors (Lipinski definition) is 4. The van der Waals surface area contributed by atoms with E-state index in [9.17, 15) is 9.59 Å². The molecule has 1 aromatic heterocycles. The zero-order chi connectivity index (χ0) is 8.97. The molecule has 0 aromatic carbocycles. The summed E-state index contributed by atoms with van der Waals surface area (Å²) in [5.74, 6) is -0.610. The third kappa shape index (κ3) is 2.23. The number of carbonyl (C=O) groups excluding carboxylic acids is 2. The second kappa shape index (κ2) is 3.71. The molecule has 0 amide bonds. The predicted octanol–water partition coefficient (Wildman–Crippen LogP) is 1.03. The van der Waals surface area contributed by atoms with Crippen molar-refractivity contribution in [3.05, 3.63) is 24.2 Å². The monoisotopic (exact) mass is 168 g/mol. The topological polar surface area (TPSA) is 56.5 Å². The summed E-state index contributed by atoms with van der Waals surface area (Å²) in [6.45, 7) is 0.984. The fourth-order valence-electron chi connectivity index (χ4n) is 0.676. The Morgan fingerprint density at radius 3 is 2.83 bits per heavy atom. The Balaban J connectivity index is 2.45. The van der Waals surface area contributed by atoms with Crippen LogP contribution < -0.4 is 0 Å². The van der Waals surface area contributed by atoms with Crippen LogP contribution >= 0.6 is 0 Å². The van der Waals surface area contributed by atoms with Crippen molar-refractivity contribution in [2.24, 2.45) is 0 Å². The van der Waals surface area contributed by atoms with Crippen LogP contribution in [0.15, 0.2) is 22.8 Å². The molecule has 0 saturated carbocycles. The molecule has 0 unspecified atom stereocenters. The van der Waals surface area contributed by atoms with Crippen LogP contribution in [0, 0.1) is 0 Å². The van der Waals surface area contributed by atoms with E-state index in [0.717, 1.165) is 0 Å². The van der Waals surface area contributed by atoms with Gasteiger partial charge in [-0.05, 0) is 12.1 Å². The summed E-state index contributed by atoms with van der Waals surface area (Å²) >= 11 is 0. The lowest BCUT2D eigenvalue weighted by Gasteiger charge is -1.97. The van der Waals surface area contributed by atoms with Crippen LogP contribution in [-0.2, 0) is 9.53 Å². The summed E-state index contributed by atoms with van der Waals surface area (Å²) in [5, 5.41) is 0. The van der Waals surface area contributed by atoms with E-state index in [-0.39, 0.29) is 18.2 Å². The fraction of sp³-hybridized carbons (Fsp3) is 0.250. The molecule has 0 fully saturated rings. The Bertz CT molecular complexity index is 273. The van der Waals surface area contributed by atoms with Gasteiger partial charge in [-0.2, -0.15) is 0 Å². The van der Waals surface area contributed by atoms with E-state index in [1.807, 2.05) is 0 Å². The second-order valence-electron chi connectivity index (χ2n) is 2.18. The minimum Gasteiger partial charge on any atom is -0.461 e. The van der Waals surface area contributed by atoms with Crippen LogP contribution in [0.2, 0.25) is 0 Å². The Morgan fingerprint density at radius 2 is 2.33 bits per heavy atom. The number of hydrogen-bond donors (Lipinski definition) is 0. The van der Waals surface area contributed by atoms with Gasteiger partial charge in [0, 0.05) is 6.92 Å². The van der Waals surface area contributed by atoms with Crippen molar-refractivity contribution < 1.29 is 18.7 Å². The lowest BCUT2D eigenvalue weighted by molar-refractivity contribution is -0.139. The van der Waals surface area contributed by atoms with Gasteiger partial charge in [-0.25, -0.2) is 0 Å². The Labute approximate surface area is 69.1 Å². The van der Waals surface area contributed by atoms with Gasteiger partial charge in [-0.3, -0.25) is 9.59 Å². The van der Waals surface area contributed by atoms with Crippen molar-refractivity contribution in [1.29, 1.82) is 0 Å². The van der Waals surface area contributed by atoms with E-state index >= 15 is 0 Å². The first-order chi connectivity index (χ1) is 5.70. The number of furan rings is 1. The smallest absolute Gasteiger partial charge is 0.303 e. The van der Waals surface area contributed by atoms with Gasteiger partial charge >= 0.3 is 5.97 Å². The summed E-state index contributed by atoms with van der Waals surface area (Å²) in [7, 11) is 0. The highest BCUT2D eigenvalue weighted by Gasteiger charge is 2.09. The van der Waals surface area contributed by atoms with Crippen molar-refractivity contribution in [2.45, 2.75) is 6.92 Å². The third-order valence-electron chi connectivity index (χ3n) is 1.20. The van der Waals surface area contributed by atoms with Crippen LogP contribution in [0.5, 0.6) is 0 Å². The molecule has 0 aliphatic carbocycles. The fourth-order valence-corrected chi connectivity index (χ4v) is 0.676. The maximum Gasteiger partial charge on any atom is 0.303 e. The van der Waals surface area contributed by atoms with Crippen LogP contribution in [0.25, 0.3) is 0 Å². The number of carbonyl (C=O) groups is 2. The van der Waals surface area contributed by atoms with Crippen molar-refractivity contribution in [3.63, 3.8) is 0 Å². The molecule has 12 heavy (non-hydrogen) atoms. The summed E-state index contributed by atoms with van der Waals surface area (Å²) in [6.07, 6.45) is 1.39. The normalized spacial score (nSPS) is 9.42. The molecular formula is C8H8O4. The lowest BCUT2D eigenvalue weighted by Crippen LogP contribution is -2.10. The predicted molar refractivity (Wildman–Crippen MR) is 39.7 cm³/mol. The van der Waals surface area contributed by atoms with Crippen LogP contribution in [0.1, 0.15) is 17.5 Å². The summed E-state index contributed by atoms with van der Waals surface area (Å²) in [4.78, 5) is 21.4. The third-order valence-corrected chi connectivity index (χ3v) is 1.20. The van der Waals surface area contributed by atoms with Crippen LogP contribution in [-0.4, -0.2) is 18.4 Å². The van der Waals surface area contributed by atoms with Gasteiger partial charge in [-0.1, -0.05) is 0 Å². The quantitative estimate of drug-likeness (QED) is 0.499. The largest absolute Gasteiger partial charge is 0.461 e. The molecule has 0 radical (unpaired) electrons. The molecule has 1 aromatic rings. The van der Waals surface area contributed by atoms with Crippen LogP contribution in [0.4, 0.5) is 0 Å². The van der Waals surface area contributed by atoms with Crippen molar-refractivity contribution in [2.75, 3.05) is 6.61 Å². The van der Waals surface area contributed by atoms with Gasteiger partial charge in [-0.15, -0.1) is 0 Å². The molecule has 0 aliphatic rings. The Hall–Kier alpha value is -1.58. The molecule has 1 rings (SSSR count). The van der Waals surface area contributed by atoms with Gasteiger partial charge in [0.1, 0.15) is 0 Å². The first kappa shape index (κ1) is 8.52. The van der Waals surface area contributed by atoms with Crippen LogP contribution in [0.3, 0.4) is 0 Å². The molecule has 4 heteroatoms. The van der Waals surface area contributed by atoms with E-state index < -0.39 is 5.97 Å². The molecule has 64 valence electrons. The van der Waals surface area contributed by atoms with Gasteiger partial charge in [0.15, 0.2) is 12.4 Å². The number of Topliss-reactive ketones (excluding diaryl/α,β-unsaturated/α-hetero) is 1. The minimum absolute atomic E-state index is 0.205. The molecule has 0 spiro atoms. The highest BCUT2D eigenvalue weighted by Crippen LogP contribution is 2.01. The van der Waals surface area contributed by atoms with Gasteiger partial charge < -0.3 is 9.15 Å². The first-order valence-electron chi connectivity index (χ1n) is 3.40. The van der Waals surface area contributed by atoms with E-state index in [1.165, 1.54) is 19.3 Å². The zero-order valence-electron chi connectivity index (χ0n) is 6.57. The molecule has 4 nitrogen and oxygen atoms in total. The molecular weight excluding hydrogens is 160 g/mol. The summed E-state index contributed by atoms with van der Waals surface area (Å²) in [5.41, 5.74) is 0. The summed E-state index contributed by atoms with van der Waals surface area (Å²) < 4.78 is 9.27. The minimum atomic E-state index is -0.477. The molecule has 0 aliphatic heterocycles. The first-order valence-corrected chi connectivity index (χ1v) is 3.40. The zero-order valence-corrected chi connectivity index (χ0v) is 6.57. The SMILES string of the molecule is CC(=O)OCC(=O)c1ccco1. The highest BCUT2D eigenvalue weighted by atomic mass is 16.5.